The lowest BCUT2D eigenvalue weighted by molar-refractivity contribution is -0.131. The molecule has 8 heteroatoms. The van der Waals surface area contributed by atoms with Crippen LogP contribution >= 0.6 is 34.9 Å². The summed E-state index contributed by atoms with van der Waals surface area (Å²) in [6.07, 6.45) is 0. The number of aromatic nitrogens is 2. The Labute approximate surface area is 137 Å². The number of nitrogens with zero attached hydrogens (tertiary/aromatic N) is 3. The van der Waals surface area contributed by atoms with E-state index in [1.807, 2.05) is 13.8 Å². The van der Waals surface area contributed by atoms with Crippen molar-refractivity contribution in [2.24, 2.45) is 0 Å². The van der Waals surface area contributed by atoms with Crippen molar-refractivity contribution in [3.63, 3.8) is 0 Å². The third-order valence-electron chi connectivity index (χ3n) is 3.25. The SMILES string of the molecule is CCN(CC)C(=O)C(C)Nc1c(Cl)cc(Cl)c2nsnc12. The minimum atomic E-state index is -0.409. The van der Waals surface area contributed by atoms with Gasteiger partial charge < -0.3 is 10.2 Å². The highest BCUT2D eigenvalue weighted by Crippen LogP contribution is 2.35. The van der Waals surface area contributed by atoms with Crippen LogP contribution in [0.1, 0.15) is 20.8 Å². The molecule has 0 bridgehead atoms. The van der Waals surface area contributed by atoms with Crippen LogP contribution in [-0.4, -0.2) is 38.7 Å². The Balaban J connectivity index is 2.31. The van der Waals surface area contributed by atoms with Gasteiger partial charge in [0, 0.05) is 13.1 Å². The zero-order valence-electron chi connectivity index (χ0n) is 12.0. The number of anilines is 1. The lowest BCUT2D eigenvalue weighted by Crippen LogP contribution is -2.41. The number of hydrogen-bond acceptors (Lipinski definition) is 5. The van der Waals surface area contributed by atoms with Gasteiger partial charge in [-0.15, -0.1) is 0 Å². The van der Waals surface area contributed by atoms with Crippen molar-refractivity contribution in [3.05, 3.63) is 16.1 Å². The largest absolute Gasteiger partial charge is 0.371 e. The van der Waals surface area contributed by atoms with Crippen LogP contribution in [0.5, 0.6) is 0 Å². The molecule has 0 aliphatic rings. The molecular formula is C13H16Cl2N4OS. The van der Waals surface area contributed by atoms with Crippen LogP contribution < -0.4 is 5.32 Å². The summed E-state index contributed by atoms with van der Waals surface area (Å²) in [5.74, 6) is 0.0161. The Bertz CT molecular complexity index is 657. The third-order valence-corrected chi connectivity index (χ3v) is 4.36. The molecule has 5 nitrogen and oxygen atoms in total. The van der Waals surface area contributed by atoms with Crippen LogP contribution in [0.3, 0.4) is 0 Å². The van der Waals surface area contributed by atoms with Gasteiger partial charge in [-0.1, -0.05) is 23.2 Å². The molecule has 1 N–H and O–H groups in total. The number of carbonyl (C=O) groups excluding carboxylic acids is 1. The van der Waals surface area contributed by atoms with Gasteiger partial charge in [0.05, 0.1) is 27.5 Å². The molecule has 1 heterocycles. The summed E-state index contributed by atoms with van der Waals surface area (Å²) in [7, 11) is 0. The summed E-state index contributed by atoms with van der Waals surface area (Å²) in [6, 6.07) is 1.21. The molecule has 0 saturated heterocycles. The predicted molar refractivity (Wildman–Crippen MR) is 88.4 cm³/mol. The normalized spacial score (nSPS) is 12.4. The van der Waals surface area contributed by atoms with Gasteiger partial charge in [0.2, 0.25) is 5.91 Å². The van der Waals surface area contributed by atoms with Crippen LogP contribution in [0.15, 0.2) is 6.07 Å². The van der Waals surface area contributed by atoms with Gasteiger partial charge in [-0.25, -0.2) is 0 Å². The second-order valence-electron chi connectivity index (χ2n) is 4.55. The summed E-state index contributed by atoms with van der Waals surface area (Å²) in [4.78, 5) is 14.1. The fourth-order valence-corrected chi connectivity index (χ4v) is 3.27. The summed E-state index contributed by atoms with van der Waals surface area (Å²) in [5.41, 5.74) is 1.78. The van der Waals surface area contributed by atoms with Gasteiger partial charge in [-0.05, 0) is 26.8 Å². The summed E-state index contributed by atoms with van der Waals surface area (Å²) >= 11 is 13.4. The first-order valence-electron chi connectivity index (χ1n) is 6.65. The topological polar surface area (TPSA) is 58.1 Å². The number of rotatable bonds is 5. The van der Waals surface area contributed by atoms with Crippen LogP contribution in [0, 0.1) is 0 Å². The van der Waals surface area contributed by atoms with Crippen molar-refractivity contribution in [3.8, 4) is 0 Å². The molecule has 0 aliphatic carbocycles. The second-order valence-corrected chi connectivity index (χ2v) is 5.90. The number of hydrogen-bond donors (Lipinski definition) is 1. The number of benzene rings is 1. The molecule has 1 aromatic heterocycles. The average molecular weight is 347 g/mol. The van der Waals surface area contributed by atoms with Gasteiger partial charge in [0.15, 0.2) is 0 Å². The molecule has 2 rings (SSSR count). The van der Waals surface area contributed by atoms with E-state index in [2.05, 4.69) is 14.1 Å². The van der Waals surface area contributed by atoms with E-state index in [9.17, 15) is 4.79 Å². The summed E-state index contributed by atoms with van der Waals surface area (Å²) in [5, 5.41) is 4.02. The van der Waals surface area contributed by atoms with E-state index in [4.69, 9.17) is 23.2 Å². The Kier molecular flexibility index (Phi) is 5.24. The highest BCUT2D eigenvalue weighted by molar-refractivity contribution is 7.00. The zero-order valence-corrected chi connectivity index (χ0v) is 14.3. The van der Waals surface area contributed by atoms with E-state index in [1.54, 1.807) is 17.9 Å². The van der Waals surface area contributed by atoms with E-state index in [1.165, 1.54) is 0 Å². The molecule has 2 aromatic rings. The van der Waals surface area contributed by atoms with E-state index in [0.717, 1.165) is 11.7 Å². The van der Waals surface area contributed by atoms with Gasteiger partial charge in [0.25, 0.3) is 0 Å². The first-order chi connectivity index (χ1) is 9.99. The molecule has 1 atom stereocenters. The smallest absolute Gasteiger partial charge is 0.244 e. The maximum atomic E-state index is 12.3. The van der Waals surface area contributed by atoms with E-state index < -0.39 is 6.04 Å². The van der Waals surface area contributed by atoms with Crippen LogP contribution in [0.25, 0.3) is 11.0 Å². The lowest BCUT2D eigenvalue weighted by Gasteiger charge is -2.24. The maximum Gasteiger partial charge on any atom is 0.244 e. The molecule has 0 saturated carbocycles. The van der Waals surface area contributed by atoms with Gasteiger partial charge in [-0.3, -0.25) is 4.79 Å². The van der Waals surface area contributed by atoms with Crippen molar-refractivity contribution >= 4 is 57.6 Å². The number of halogens is 2. The Morgan fingerprint density at radius 2 is 1.90 bits per heavy atom. The first-order valence-corrected chi connectivity index (χ1v) is 8.13. The molecule has 1 aromatic carbocycles. The van der Waals surface area contributed by atoms with Gasteiger partial charge in [0.1, 0.15) is 17.1 Å². The second kappa shape index (κ2) is 6.77. The minimum Gasteiger partial charge on any atom is -0.371 e. The third kappa shape index (κ3) is 3.22. The van der Waals surface area contributed by atoms with Crippen molar-refractivity contribution in [1.29, 1.82) is 0 Å². The fourth-order valence-electron chi connectivity index (χ4n) is 2.10. The molecule has 0 aliphatic heterocycles. The van der Waals surface area contributed by atoms with Gasteiger partial charge >= 0.3 is 0 Å². The highest BCUT2D eigenvalue weighted by atomic mass is 35.5. The highest BCUT2D eigenvalue weighted by Gasteiger charge is 2.21. The number of likely N-dealkylation sites (N-methyl/N-ethyl adjacent to an activating group) is 1. The van der Waals surface area contributed by atoms with Crippen LogP contribution in [-0.2, 0) is 4.79 Å². The number of amides is 1. The first kappa shape index (κ1) is 16.3. The molecule has 0 fully saturated rings. The standard InChI is InChI=1S/C13H16Cl2N4OS/c1-4-19(5-2)13(20)7(3)16-10-8(14)6-9(15)11-12(10)18-21-17-11/h6-7,16H,4-5H2,1-3H3. The molecule has 1 unspecified atom stereocenters. The fraction of sp³-hybridized carbons (Fsp3) is 0.462. The Morgan fingerprint density at radius 1 is 1.29 bits per heavy atom. The number of fused-ring (bicyclic) bond motifs is 1. The monoisotopic (exact) mass is 346 g/mol. The predicted octanol–water partition coefficient (Wildman–Crippen LogP) is 3.67. The van der Waals surface area contributed by atoms with Crippen molar-refractivity contribution in [2.45, 2.75) is 26.8 Å². The zero-order chi connectivity index (χ0) is 15.6. The molecule has 1 amide bonds. The summed E-state index contributed by atoms with van der Waals surface area (Å²) < 4.78 is 8.36. The van der Waals surface area contributed by atoms with E-state index in [-0.39, 0.29) is 5.91 Å². The molecular weight excluding hydrogens is 331 g/mol. The molecule has 0 spiro atoms. The number of carbonyl (C=O) groups is 1. The van der Waals surface area contributed by atoms with Crippen molar-refractivity contribution < 1.29 is 4.79 Å². The van der Waals surface area contributed by atoms with Gasteiger partial charge in [-0.2, -0.15) is 8.75 Å². The van der Waals surface area contributed by atoms with Crippen molar-refractivity contribution in [2.75, 3.05) is 18.4 Å². The quantitative estimate of drug-likeness (QED) is 0.897. The van der Waals surface area contributed by atoms with E-state index >= 15 is 0 Å². The Hall–Kier alpha value is -1.11. The lowest BCUT2D eigenvalue weighted by atomic mass is 10.2. The molecule has 0 radical (unpaired) electrons. The molecule has 114 valence electrons. The van der Waals surface area contributed by atoms with Crippen LogP contribution in [0.2, 0.25) is 10.0 Å². The summed E-state index contributed by atoms with van der Waals surface area (Å²) in [6.45, 7) is 7.04. The van der Waals surface area contributed by atoms with Crippen LogP contribution in [0.4, 0.5) is 5.69 Å². The Morgan fingerprint density at radius 3 is 2.52 bits per heavy atom. The average Bonchev–Trinajstić information content (AvgIpc) is 2.94. The minimum absolute atomic E-state index is 0.0161. The van der Waals surface area contributed by atoms with Crippen molar-refractivity contribution in [1.82, 2.24) is 13.6 Å². The van der Waals surface area contributed by atoms with E-state index in [0.29, 0.717) is 39.9 Å². The number of nitrogens with one attached hydrogen (secondary N) is 1. The molecule has 21 heavy (non-hydrogen) atoms. The maximum absolute atomic E-state index is 12.3.